The van der Waals surface area contributed by atoms with Gasteiger partial charge in [0.2, 0.25) is 18.6 Å². The minimum Gasteiger partial charge on any atom is -0.454 e. The fourth-order valence-electron chi connectivity index (χ4n) is 2.75. The number of nitrogen functional groups attached to an aromatic ring is 1. The highest BCUT2D eigenvalue weighted by atomic mass is 35.5. The zero-order chi connectivity index (χ0) is 18.7. The van der Waals surface area contributed by atoms with E-state index in [2.05, 4.69) is 10.6 Å². The number of benzene rings is 2. The highest BCUT2D eigenvalue weighted by Crippen LogP contribution is 2.38. The van der Waals surface area contributed by atoms with E-state index in [0.29, 0.717) is 22.9 Å². The maximum atomic E-state index is 12.5. The summed E-state index contributed by atoms with van der Waals surface area (Å²) in [5.41, 5.74) is 8.76. The average molecular weight is 392 g/mol. The van der Waals surface area contributed by atoms with Crippen molar-refractivity contribution in [3.05, 3.63) is 47.5 Å². The van der Waals surface area contributed by atoms with Gasteiger partial charge in [-0.1, -0.05) is 29.8 Å². The van der Waals surface area contributed by atoms with Gasteiger partial charge in [0.05, 0.1) is 23.8 Å². The van der Waals surface area contributed by atoms with Gasteiger partial charge in [0.25, 0.3) is 0 Å². The van der Waals surface area contributed by atoms with Crippen LogP contribution in [0.15, 0.2) is 36.4 Å². The Bertz CT molecular complexity index is 840. The van der Waals surface area contributed by atoms with Gasteiger partial charge in [-0.2, -0.15) is 0 Å². The monoisotopic (exact) mass is 391 g/mol. The molecule has 7 nitrogen and oxygen atoms in total. The predicted molar refractivity (Wildman–Crippen MR) is 105 cm³/mol. The Balaban J connectivity index is 0.00000261. The maximum Gasteiger partial charge on any atom is 0.231 e. The molecule has 1 aliphatic heterocycles. The molecular formula is C19H22ClN3O4. The van der Waals surface area contributed by atoms with Gasteiger partial charge in [-0.3, -0.25) is 9.59 Å². The van der Waals surface area contributed by atoms with E-state index in [1.165, 1.54) is 6.92 Å². The first-order chi connectivity index (χ1) is 12.4. The first-order valence-corrected chi connectivity index (χ1v) is 8.25. The fourth-order valence-corrected chi connectivity index (χ4v) is 2.75. The Kier molecular flexibility index (Phi) is 6.52. The van der Waals surface area contributed by atoms with Gasteiger partial charge in [-0.15, -0.1) is 12.4 Å². The molecule has 4 N–H and O–H groups in total. The highest BCUT2D eigenvalue weighted by Gasteiger charge is 2.20. The number of hydrogen-bond acceptors (Lipinski definition) is 5. The molecule has 0 saturated carbocycles. The summed E-state index contributed by atoms with van der Waals surface area (Å²) < 4.78 is 10.6. The number of anilines is 2. The lowest BCUT2D eigenvalue weighted by Gasteiger charge is -2.19. The number of hydrogen-bond donors (Lipinski definition) is 3. The number of halogens is 1. The molecule has 1 atom stereocenters. The molecule has 0 fully saturated rings. The number of fused-ring (bicyclic) bond motifs is 1. The third-order valence-electron chi connectivity index (χ3n) is 4.07. The maximum absolute atomic E-state index is 12.5. The van der Waals surface area contributed by atoms with E-state index in [-0.39, 0.29) is 37.4 Å². The molecule has 0 spiro atoms. The lowest BCUT2D eigenvalue weighted by atomic mass is 10.0. The molecule has 3 rings (SSSR count). The molecule has 1 heterocycles. The van der Waals surface area contributed by atoms with E-state index < -0.39 is 6.04 Å². The van der Waals surface area contributed by atoms with Crippen LogP contribution in [0.3, 0.4) is 0 Å². The van der Waals surface area contributed by atoms with Crippen LogP contribution in [-0.4, -0.2) is 18.6 Å². The van der Waals surface area contributed by atoms with Crippen LogP contribution in [0.25, 0.3) is 0 Å². The fraction of sp³-hybridized carbons (Fsp3) is 0.263. The number of aryl methyl sites for hydroxylation is 1. The molecule has 0 saturated heterocycles. The van der Waals surface area contributed by atoms with Gasteiger partial charge >= 0.3 is 0 Å². The van der Waals surface area contributed by atoms with Crippen LogP contribution < -0.4 is 25.8 Å². The summed E-state index contributed by atoms with van der Waals surface area (Å²) in [5.74, 6) is 0.614. The van der Waals surface area contributed by atoms with E-state index in [0.717, 1.165) is 11.1 Å². The lowest BCUT2D eigenvalue weighted by molar-refractivity contribution is -0.120. The van der Waals surface area contributed by atoms with Crippen LogP contribution in [0.5, 0.6) is 11.5 Å². The van der Waals surface area contributed by atoms with Crippen LogP contribution in [0.1, 0.15) is 30.5 Å². The van der Waals surface area contributed by atoms with Crippen molar-refractivity contribution in [2.75, 3.05) is 17.8 Å². The summed E-state index contributed by atoms with van der Waals surface area (Å²) in [6, 6.07) is 10.5. The summed E-state index contributed by atoms with van der Waals surface area (Å²) in [6.45, 7) is 3.53. The first kappa shape index (κ1) is 20.4. The second-order valence-corrected chi connectivity index (χ2v) is 6.21. The zero-order valence-corrected chi connectivity index (χ0v) is 15.9. The topological polar surface area (TPSA) is 103 Å². The van der Waals surface area contributed by atoms with E-state index in [1.54, 1.807) is 12.1 Å². The minimum atomic E-state index is -0.427. The number of amides is 2. The van der Waals surface area contributed by atoms with Crippen molar-refractivity contribution in [1.82, 2.24) is 5.32 Å². The molecule has 0 aliphatic carbocycles. The van der Waals surface area contributed by atoms with Crippen molar-refractivity contribution in [2.45, 2.75) is 26.3 Å². The Morgan fingerprint density at radius 2 is 1.78 bits per heavy atom. The molecule has 0 radical (unpaired) electrons. The molecule has 0 aromatic heterocycles. The van der Waals surface area contributed by atoms with E-state index in [1.807, 2.05) is 31.2 Å². The Labute approximate surface area is 163 Å². The van der Waals surface area contributed by atoms with Crippen LogP contribution in [0.4, 0.5) is 11.4 Å². The van der Waals surface area contributed by atoms with Crippen molar-refractivity contribution in [2.24, 2.45) is 0 Å². The van der Waals surface area contributed by atoms with Crippen molar-refractivity contribution in [3.63, 3.8) is 0 Å². The smallest absolute Gasteiger partial charge is 0.231 e. The zero-order valence-electron chi connectivity index (χ0n) is 15.1. The van der Waals surface area contributed by atoms with Gasteiger partial charge in [0.1, 0.15) is 0 Å². The van der Waals surface area contributed by atoms with Crippen molar-refractivity contribution >= 4 is 35.6 Å². The van der Waals surface area contributed by atoms with Crippen LogP contribution in [0, 0.1) is 6.92 Å². The number of nitrogens with two attached hydrogens (primary N) is 1. The molecule has 8 heteroatoms. The average Bonchev–Trinajstić information content (AvgIpc) is 3.02. The normalized spacial score (nSPS) is 12.7. The van der Waals surface area contributed by atoms with Gasteiger partial charge in [0, 0.05) is 19.1 Å². The molecule has 1 aliphatic rings. The minimum absolute atomic E-state index is 0. The molecule has 1 unspecified atom stereocenters. The summed E-state index contributed by atoms with van der Waals surface area (Å²) in [7, 11) is 0. The summed E-state index contributed by atoms with van der Waals surface area (Å²) in [4.78, 5) is 24.0. The van der Waals surface area contributed by atoms with E-state index >= 15 is 0 Å². The third kappa shape index (κ3) is 5.04. The molecule has 0 bridgehead atoms. The van der Waals surface area contributed by atoms with Crippen LogP contribution in [-0.2, 0) is 9.59 Å². The second-order valence-electron chi connectivity index (χ2n) is 6.21. The number of nitrogens with one attached hydrogen (secondary N) is 2. The number of carbonyl (C=O) groups excluding carboxylic acids is 2. The summed E-state index contributed by atoms with van der Waals surface area (Å²) in [5, 5.41) is 5.59. The molecule has 2 aromatic rings. The highest BCUT2D eigenvalue weighted by molar-refractivity contribution is 5.95. The van der Waals surface area contributed by atoms with Crippen molar-refractivity contribution in [3.8, 4) is 11.5 Å². The molecule has 2 amide bonds. The quantitative estimate of drug-likeness (QED) is 0.680. The molecular weight excluding hydrogens is 370 g/mol. The number of rotatable bonds is 5. The third-order valence-corrected chi connectivity index (χ3v) is 4.07. The second kappa shape index (κ2) is 8.64. The van der Waals surface area contributed by atoms with Crippen LogP contribution in [0.2, 0.25) is 0 Å². The van der Waals surface area contributed by atoms with Gasteiger partial charge in [-0.25, -0.2) is 0 Å². The Morgan fingerprint density at radius 1 is 1.15 bits per heavy atom. The SMILES string of the molecule is CC(=O)NC(CC(=O)Nc1cc2c(cc1N)OCO2)c1ccc(C)cc1.Cl. The summed E-state index contributed by atoms with van der Waals surface area (Å²) in [6.07, 6.45) is 0.0799. The van der Waals surface area contributed by atoms with Crippen LogP contribution >= 0.6 is 12.4 Å². The first-order valence-electron chi connectivity index (χ1n) is 8.25. The predicted octanol–water partition coefficient (Wildman–Crippen LogP) is 2.93. The van der Waals surface area contributed by atoms with Crippen molar-refractivity contribution in [1.29, 1.82) is 0 Å². The van der Waals surface area contributed by atoms with Gasteiger partial charge < -0.3 is 25.8 Å². The summed E-state index contributed by atoms with van der Waals surface area (Å²) >= 11 is 0. The molecule has 27 heavy (non-hydrogen) atoms. The molecule has 144 valence electrons. The Hall–Kier alpha value is -2.93. The van der Waals surface area contributed by atoms with E-state index in [4.69, 9.17) is 15.2 Å². The largest absolute Gasteiger partial charge is 0.454 e. The number of ether oxygens (including phenoxy) is 2. The number of carbonyl (C=O) groups is 2. The Morgan fingerprint density at radius 3 is 2.41 bits per heavy atom. The van der Waals surface area contributed by atoms with Gasteiger partial charge in [-0.05, 0) is 12.5 Å². The van der Waals surface area contributed by atoms with Gasteiger partial charge in [0.15, 0.2) is 11.5 Å². The lowest BCUT2D eigenvalue weighted by Crippen LogP contribution is -2.29. The molecule has 2 aromatic carbocycles. The van der Waals surface area contributed by atoms with E-state index in [9.17, 15) is 9.59 Å². The van der Waals surface area contributed by atoms with Crippen molar-refractivity contribution < 1.29 is 19.1 Å². The standard InChI is InChI=1S/C19H21N3O4.ClH/c1-11-3-5-13(6-4-11)15(21-12(2)23)9-19(24)22-16-8-18-17(7-14(16)20)25-10-26-18;/h3-8,15H,9-10,20H2,1-2H3,(H,21,23)(H,22,24);1H.